The van der Waals surface area contributed by atoms with E-state index in [1.54, 1.807) is 6.08 Å². The van der Waals surface area contributed by atoms with Gasteiger partial charge in [-0.2, -0.15) is 0 Å². The normalized spacial score (nSPS) is 16.7. The topological polar surface area (TPSA) is 25.6 Å². The number of benzene rings is 1. The number of furan rings is 1. The van der Waals surface area contributed by atoms with E-state index < -0.39 is 0 Å². The van der Waals surface area contributed by atoms with Gasteiger partial charge in [0.15, 0.2) is 10.7 Å². The van der Waals surface area contributed by atoms with Crippen LogP contribution in [0.5, 0.6) is 0 Å². The minimum atomic E-state index is 0.169. The molecule has 112 valence electrons. The van der Waals surface area contributed by atoms with Crippen LogP contribution in [0.2, 0.25) is 0 Å². The summed E-state index contributed by atoms with van der Waals surface area (Å²) < 4.78 is 11.4. The number of rotatable bonds is 3. The molecule has 0 bridgehead atoms. The summed E-state index contributed by atoms with van der Waals surface area (Å²) in [6, 6.07) is 13.9. The van der Waals surface area contributed by atoms with Crippen LogP contribution in [0.15, 0.2) is 52.6 Å². The molecule has 2 heterocycles. The molecule has 3 rings (SSSR count). The molecule has 1 aromatic heterocycles. The minimum absolute atomic E-state index is 0.169. The first-order valence-electron chi connectivity index (χ1n) is 6.98. The highest BCUT2D eigenvalue weighted by Crippen LogP contribution is 2.26. The third-order valence-corrected chi connectivity index (χ3v) is 3.98. The molecule has 0 unspecified atom stereocenters. The monoisotopic (exact) mass is 329 g/mol. The Morgan fingerprint density at radius 3 is 2.41 bits per heavy atom. The summed E-state index contributed by atoms with van der Waals surface area (Å²) >= 11 is 10.6. The first-order chi connectivity index (χ1) is 10.6. The van der Waals surface area contributed by atoms with E-state index >= 15 is 0 Å². The van der Waals surface area contributed by atoms with Crippen molar-refractivity contribution in [2.75, 3.05) is 0 Å². The van der Waals surface area contributed by atoms with E-state index in [1.165, 1.54) is 0 Å². The molecular formula is C17H15NO2S2. The smallest absolute Gasteiger partial charge is 0.270 e. The molecule has 2 aromatic rings. The first kappa shape index (κ1) is 14.9. The first-order valence-corrected chi connectivity index (χ1v) is 7.80. The van der Waals surface area contributed by atoms with Crippen LogP contribution in [0, 0.1) is 0 Å². The summed E-state index contributed by atoms with van der Waals surface area (Å²) in [4.78, 5) is 2.41. The number of hydrogen-bond donors (Lipinski definition) is 0. The zero-order chi connectivity index (χ0) is 15.7. The van der Waals surface area contributed by atoms with E-state index in [0.29, 0.717) is 21.7 Å². The maximum Gasteiger partial charge on any atom is 0.270 e. The lowest BCUT2D eigenvalue weighted by atomic mass is 10.2. The molecule has 0 amide bonds. The second-order valence-corrected chi connectivity index (χ2v) is 5.95. The molecule has 0 atom stereocenters. The molecule has 0 N–H and O–H groups in total. The number of nitrogens with zero attached hydrogens (tertiary/aromatic N) is 1. The van der Waals surface area contributed by atoms with E-state index in [2.05, 4.69) is 0 Å². The SMILES string of the molecule is CC(C)N1C(=S)OC(=Cc2ccc(-c3ccccc3)o2)C1=S. The minimum Gasteiger partial charge on any atom is -0.457 e. The summed E-state index contributed by atoms with van der Waals surface area (Å²) in [7, 11) is 0. The average Bonchev–Trinajstić information content (AvgIpc) is 3.06. The molecule has 5 heteroatoms. The largest absolute Gasteiger partial charge is 0.457 e. The second kappa shape index (κ2) is 6.02. The summed E-state index contributed by atoms with van der Waals surface area (Å²) in [6.07, 6.45) is 1.78. The third kappa shape index (κ3) is 2.82. The zero-order valence-corrected chi connectivity index (χ0v) is 13.9. The molecule has 0 saturated carbocycles. The molecule has 1 saturated heterocycles. The van der Waals surface area contributed by atoms with E-state index in [9.17, 15) is 0 Å². The Balaban J connectivity index is 1.86. The lowest BCUT2D eigenvalue weighted by Crippen LogP contribution is -2.34. The Kier molecular flexibility index (Phi) is 4.09. The van der Waals surface area contributed by atoms with Crippen molar-refractivity contribution in [1.82, 2.24) is 4.90 Å². The average molecular weight is 329 g/mol. The van der Waals surface area contributed by atoms with Gasteiger partial charge in [0, 0.05) is 17.7 Å². The Morgan fingerprint density at radius 2 is 1.77 bits per heavy atom. The van der Waals surface area contributed by atoms with Gasteiger partial charge in [0.05, 0.1) is 0 Å². The Labute approximate surface area is 140 Å². The van der Waals surface area contributed by atoms with Crippen molar-refractivity contribution in [3.05, 3.63) is 54.0 Å². The van der Waals surface area contributed by atoms with Gasteiger partial charge in [-0.25, -0.2) is 0 Å². The molecule has 0 radical (unpaired) electrons. The van der Waals surface area contributed by atoms with Crippen LogP contribution >= 0.6 is 24.4 Å². The number of hydrogen-bond acceptors (Lipinski definition) is 4. The molecule has 1 aliphatic rings. The van der Waals surface area contributed by atoms with Crippen LogP contribution in [-0.2, 0) is 4.74 Å². The van der Waals surface area contributed by atoms with Crippen LogP contribution in [0.3, 0.4) is 0 Å². The van der Waals surface area contributed by atoms with Gasteiger partial charge >= 0.3 is 0 Å². The molecule has 0 spiro atoms. The predicted molar refractivity (Wildman–Crippen MR) is 95.4 cm³/mol. The van der Waals surface area contributed by atoms with Crippen molar-refractivity contribution >= 4 is 40.7 Å². The molecule has 3 nitrogen and oxygen atoms in total. The van der Waals surface area contributed by atoms with Crippen LogP contribution in [-0.4, -0.2) is 21.1 Å². The van der Waals surface area contributed by atoms with Gasteiger partial charge in [-0.3, -0.25) is 4.90 Å². The van der Waals surface area contributed by atoms with Gasteiger partial charge in [-0.15, -0.1) is 0 Å². The summed E-state index contributed by atoms with van der Waals surface area (Å²) in [5.41, 5.74) is 1.03. The molecule has 0 aliphatic carbocycles. The number of ether oxygens (including phenoxy) is 1. The van der Waals surface area contributed by atoms with E-state index in [-0.39, 0.29) is 6.04 Å². The van der Waals surface area contributed by atoms with Crippen LogP contribution in [0.1, 0.15) is 19.6 Å². The van der Waals surface area contributed by atoms with Gasteiger partial charge in [0.25, 0.3) is 5.17 Å². The lowest BCUT2D eigenvalue weighted by Gasteiger charge is -2.18. The molecule has 22 heavy (non-hydrogen) atoms. The second-order valence-electron chi connectivity index (χ2n) is 5.21. The van der Waals surface area contributed by atoms with Crippen LogP contribution in [0.25, 0.3) is 17.4 Å². The predicted octanol–water partition coefficient (Wildman–Crippen LogP) is 4.64. The van der Waals surface area contributed by atoms with Crippen molar-refractivity contribution in [2.45, 2.75) is 19.9 Å². The highest BCUT2D eigenvalue weighted by molar-refractivity contribution is 7.82. The maximum absolute atomic E-state index is 5.83. The summed E-state index contributed by atoms with van der Waals surface area (Å²) in [5.74, 6) is 2.05. The maximum atomic E-state index is 5.83. The van der Waals surface area contributed by atoms with E-state index in [4.69, 9.17) is 33.6 Å². The standard InChI is InChI=1S/C17H15NO2S2/c1-11(2)18-16(21)15(20-17(18)22)10-13-8-9-14(19-13)12-6-4-3-5-7-12/h3-11H,1-2H3. The van der Waals surface area contributed by atoms with Crippen LogP contribution < -0.4 is 0 Å². The van der Waals surface area contributed by atoms with Crippen molar-refractivity contribution in [3.8, 4) is 11.3 Å². The van der Waals surface area contributed by atoms with Gasteiger partial charge in [-0.05, 0) is 38.2 Å². The fourth-order valence-corrected chi connectivity index (χ4v) is 3.09. The van der Waals surface area contributed by atoms with E-state index in [1.807, 2.05) is 61.2 Å². The Hall–Kier alpha value is -1.98. The fourth-order valence-electron chi connectivity index (χ4n) is 2.24. The Morgan fingerprint density at radius 1 is 1.05 bits per heavy atom. The fraction of sp³-hybridized carbons (Fsp3) is 0.176. The van der Waals surface area contributed by atoms with Crippen molar-refractivity contribution in [2.24, 2.45) is 0 Å². The van der Waals surface area contributed by atoms with Gasteiger partial charge in [0.1, 0.15) is 11.5 Å². The highest BCUT2D eigenvalue weighted by atomic mass is 32.1. The summed E-state index contributed by atoms with van der Waals surface area (Å²) in [6.45, 7) is 4.04. The van der Waals surface area contributed by atoms with Gasteiger partial charge in [0.2, 0.25) is 0 Å². The third-order valence-electron chi connectivity index (χ3n) is 3.30. The lowest BCUT2D eigenvalue weighted by molar-refractivity contribution is 0.413. The Bertz CT molecular complexity index is 747. The van der Waals surface area contributed by atoms with Gasteiger partial charge in [-0.1, -0.05) is 42.5 Å². The quantitative estimate of drug-likeness (QED) is 0.603. The zero-order valence-electron chi connectivity index (χ0n) is 12.3. The highest BCUT2D eigenvalue weighted by Gasteiger charge is 2.31. The van der Waals surface area contributed by atoms with Crippen molar-refractivity contribution in [1.29, 1.82) is 0 Å². The van der Waals surface area contributed by atoms with Crippen molar-refractivity contribution < 1.29 is 9.15 Å². The molecule has 1 fully saturated rings. The molecular weight excluding hydrogens is 314 g/mol. The van der Waals surface area contributed by atoms with Crippen LogP contribution in [0.4, 0.5) is 0 Å². The molecule has 1 aromatic carbocycles. The van der Waals surface area contributed by atoms with Crippen molar-refractivity contribution in [3.63, 3.8) is 0 Å². The summed E-state index contributed by atoms with van der Waals surface area (Å²) in [5, 5.41) is 0.390. The van der Waals surface area contributed by atoms with E-state index in [0.717, 1.165) is 11.3 Å². The molecule has 1 aliphatic heterocycles. The van der Waals surface area contributed by atoms with Gasteiger partial charge < -0.3 is 9.15 Å². The number of thiocarbonyl (C=S) groups is 2.